The van der Waals surface area contributed by atoms with Crippen LogP contribution in [0, 0.1) is 11.7 Å². The van der Waals surface area contributed by atoms with Gasteiger partial charge in [-0.05, 0) is 59.4 Å². The van der Waals surface area contributed by atoms with Gasteiger partial charge in [-0.1, -0.05) is 63.2 Å². The second-order valence-corrected chi connectivity index (χ2v) is 10.1. The molecule has 0 aromatic heterocycles. The molecule has 0 fully saturated rings. The van der Waals surface area contributed by atoms with Gasteiger partial charge in [0.05, 0.1) is 5.92 Å². The van der Waals surface area contributed by atoms with Crippen LogP contribution in [0.2, 0.25) is 0 Å². The van der Waals surface area contributed by atoms with Gasteiger partial charge in [0.25, 0.3) is 0 Å². The van der Waals surface area contributed by atoms with Crippen LogP contribution in [0.25, 0.3) is 0 Å². The van der Waals surface area contributed by atoms with Crippen molar-refractivity contribution in [1.82, 2.24) is 4.90 Å². The monoisotopic (exact) mass is 503 g/mol. The lowest BCUT2D eigenvalue weighted by atomic mass is 9.94. The van der Waals surface area contributed by atoms with Gasteiger partial charge in [0.2, 0.25) is 11.8 Å². The number of anilines is 2. The maximum Gasteiger partial charge on any atom is 0.230 e. The van der Waals surface area contributed by atoms with Crippen molar-refractivity contribution < 1.29 is 14.0 Å². The highest BCUT2D eigenvalue weighted by atomic mass is 19.1. The molecular formula is C31H38FN3O2. The third kappa shape index (κ3) is 7.91. The maximum absolute atomic E-state index is 14.0. The number of halogens is 1. The largest absolute Gasteiger partial charge is 0.377 e. The van der Waals surface area contributed by atoms with Crippen LogP contribution in [-0.4, -0.2) is 30.8 Å². The molecule has 0 saturated heterocycles. The van der Waals surface area contributed by atoms with Gasteiger partial charge in [-0.15, -0.1) is 0 Å². The maximum atomic E-state index is 14.0. The molecule has 0 heterocycles. The van der Waals surface area contributed by atoms with Crippen molar-refractivity contribution in [2.24, 2.45) is 5.92 Å². The number of hydrogen-bond donors (Lipinski definition) is 1. The van der Waals surface area contributed by atoms with E-state index in [0.717, 1.165) is 22.4 Å². The lowest BCUT2D eigenvalue weighted by Crippen LogP contribution is -2.34. The molecule has 3 rings (SSSR count). The van der Waals surface area contributed by atoms with Gasteiger partial charge in [-0.3, -0.25) is 9.59 Å². The number of nitrogens with one attached hydrogen (secondary N) is 1. The van der Waals surface area contributed by atoms with Crippen LogP contribution in [0.3, 0.4) is 0 Å². The molecule has 0 saturated carbocycles. The molecule has 3 aromatic rings. The molecule has 0 aliphatic carbocycles. The highest BCUT2D eigenvalue weighted by Crippen LogP contribution is 2.29. The van der Waals surface area contributed by atoms with Crippen molar-refractivity contribution >= 4 is 23.2 Å². The smallest absolute Gasteiger partial charge is 0.230 e. The number of hydrogen-bond acceptors (Lipinski definition) is 3. The summed E-state index contributed by atoms with van der Waals surface area (Å²) in [6, 6.07) is 21.9. The number of rotatable bonds is 11. The van der Waals surface area contributed by atoms with Crippen molar-refractivity contribution in [3.63, 3.8) is 0 Å². The van der Waals surface area contributed by atoms with Crippen LogP contribution < -0.4 is 10.2 Å². The fourth-order valence-electron chi connectivity index (χ4n) is 4.50. The number of amides is 2. The molecule has 196 valence electrons. The number of carbonyl (C=O) groups excluding carboxylic acids is 2. The number of nitrogens with zero attached hydrogens (tertiary/aromatic N) is 2. The van der Waals surface area contributed by atoms with Crippen molar-refractivity contribution in [2.45, 2.75) is 52.6 Å². The minimum absolute atomic E-state index is 0.0111. The minimum Gasteiger partial charge on any atom is -0.377 e. The summed E-state index contributed by atoms with van der Waals surface area (Å²) < 4.78 is 13.6. The summed E-state index contributed by atoms with van der Waals surface area (Å²) in [6.07, 6.45) is 1.10. The van der Waals surface area contributed by atoms with Crippen molar-refractivity contribution in [2.75, 3.05) is 24.3 Å². The van der Waals surface area contributed by atoms with Crippen LogP contribution >= 0.6 is 0 Å². The van der Waals surface area contributed by atoms with E-state index in [-0.39, 0.29) is 29.5 Å². The van der Waals surface area contributed by atoms with E-state index >= 15 is 0 Å². The van der Waals surface area contributed by atoms with Crippen molar-refractivity contribution in [3.05, 3.63) is 95.3 Å². The number of benzene rings is 3. The molecule has 5 nitrogen and oxygen atoms in total. The van der Waals surface area contributed by atoms with Crippen molar-refractivity contribution in [1.29, 1.82) is 0 Å². The first kappa shape index (κ1) is 27.9. The van der Waals surface area contributed by atoms with Gasteiger partial charge in [0, 0.05) is 45.0 Å². The highest BCUT2D eigenvalue weighted by Gasteiger charge is 2.26. The lowest BCUT2D eigenvalue weighted by Gasteiger charge is -2.29. The van der Waals surface area contributed by atoms with E-state index in [4.69, 9.17) is 0 Å². The average Bonchev–Trinajstić information content (AvgIpc) is 2.85. The van der Waals surface area contributed by atoms with Crippen LogP contribution in [0.4, 0.5) is 15.8 Å². The Balaban J connectivity index is 1.97. The predicted molar refractivity (Wildman–Crippen MR) is 149 cm³/mol. The molecule has 2 amide bonds. The molecule has 0 unspecified atom stereocenters. The molecule has 1 atom stereocenters. The Morgan fingerprint density at radius 2 is 1.59 bits per heavy atom. The SMILES string of the molecule is CC[C@@H](C(=O)N(Cc1ccc(F)cc1)Cc1cc(NC(=O)CC(C)C)ccc1N(C)C)c1ccccc1. The summed E-state index contributed by atoms with van der Waals surface area (Å²) in [6.45, 7) is 6.73. The Kier molecular flexibility index (Phi) is 9.84. The Morgan fingerprint density at radius 3 is 2.19 bits per heavy atom. The van der Waals surface area contributed by atoms with E-state index in [1.165, 1.54) is 12.1 Å². The van der Waals surface area contributed by atoms with Gasteiger partial charge in [0.15, 0.2) is 0 Å². The Labute approximate surface area is 220 Å². The summed E-state index contributed by atoms with van der Waals surface area (Å²) in [4.78, 5) is 30.2. The van der Waals surface area contributed by atoms with E-state index in [0.29, 0.717) is 31.6 Å². The quantitative estimate of drug-likeness (QED) is 0.321. The Hall–Kier alpha value is -3.67. The van der Waals surface area contributed by atoms with Crippen LogP contribution in [0.15, 0.2) is 72.8 Å². The van der Waals surface area contributed by atoms with E-state index in [9.17, 15) is 14.0 Å². The standard InChI is InChI=1S/C31H38FN3O2/c1-6-28(24-10-8-7-9-11-24)31(37)35(20-23-12-14-26(32)15-13-23)21-25-19-27(16-17-29(25)34(4)5)33-30(36)18-22(2)3/h7-17,19,22,28H,6,18,20-21H2,1-5H3,(H,33,36)/t28-/m1/s1. The molecule has 0 aliphatic rings. The Morgan fingerprint density at radius 1 is 0.919 bits per heavy atom. The molecule has 0 radical (unpaired) electrons. The lowest BCUT2D eigenvalue weighted by molar-refractivity contribution is -0.134. The second-order valence-electron chi connectivity index (χ2n) is 10.1. The molecular weight excluding hydrogens is 465 g/mol. The fraction of sp³-hybridized carbons (Fsp3) is 0.355. The first-order valence-electron chi connectivity index (χ1n) is 12.9. The third-order valence-electron chi connectivity index (χ3n) is 6.31. The van der Waals surface area contributed by atoms with Crippen molar-refractivity contribution in [3.8, 4) is 0 Å². The van der Waals surface area contributed by atoms with Crippen LogP contribution in [0.5, 0.6) is 0 Å². The highest BCUT2D eigenvalue weighted by molar-refractivity contribution is 5.91. The van der Waals surface area contributed by atoms with E-state index < -0.39 is 0 Å². The normalized spacial score (nSPS) is 11.8. The van der Waals surface area contributed by atoms with E-state index in [1.807, 2.05) is 93.2 Å². The van der Waals surface area contributed by atoms with Gasteiger partial charge in [-0.25, -0.2) is 4.39 Å². The molecule has 0 aliphatic heterocycles. The molecule has 0 spiro atoms. The van der Waals surface area contributed by atoms with E-state index in [1.54, 1.807) is 12.1 Å². The predicted octanol–water partition coefficient (Wildman–Crippen LogP) is 6.60. The molecule has 6 heteroatoms. The second kappa shape index (κ2) is 13.0. The summed E-state index contributed by atoms with van der Waals surface area (Å²) >= 11 is 0. The summed E-state index contributed by atoms with van der Waals surface area (Å²) in [7, 11) is 3.92. The number of carbonyl (C=O) groups is 2. The summed E-state index contributed by atoms with van der Waals surface area (Å²) in [5.41, 5.74) is 4.42. The average molecular weight is 504 g/mol. The van der Waals surface area contributed by atoms with Gasteiger partial charge < -0.3 is 15.1 Å². The van der Waals surface area contributed by atoms with E-state index in [2.05, 4.69) is 5.32 Å². The zero-order chi connectivity index (χ0) is 26.9. The zero-order valence-corrected chi connectivity index (χ0v) is 22.5. The molecule has 0 bridgehead atoms. The first-order chi connectivity index (χ1) is 17.7. The zero-order valence-electron chi connectivity index (χ0n) is 22.5. The molecule has 37 heavy (non-hydrogen) atoms. The minimum atomic E-state index is -0.308. The third-order valence-corrected chi connectivity index (χ3v) is 6.31. The topological polar surface area (TPSA) is 52.7 Å². The summed E-state index contributed by atoms with van der Waals surface area (Å²) in [5, 5.41) is 3.00. The fourth-order valence-corrected chi connectivity index (χ4v) is 4.50. The Bertz CT molecular complexity index is 1180. The van der Waals surface area contributed by atoms with Crippen LogP contribution in [0.1, 0.15) is 56.2 Å². The summed E-state index contributed by atoms with van der Waals surface area (Å²) in [5.74, 6) is -0.367. The van der Waals surface area contributed by atoms with Gasteiger partial charge >= 0.3 is 0 Å². The van der Waals surface area contributed by atoms with Gasteiger partial charge in [-0.2, -0.15) is 0 Å². The molecule has 3 aromatic carbocycles. The first-order valence-corrected chi connectivity index (χ1v) is 12.9. The van der Waals surface area contributed by atoms with Crippen LogP contribution in [-0.2, 0) is 22.7 Å². The van der Waals surface area contributed by atoms with Gasteiger partial charge in [0.1, 0.15) is 5.82 Å². The molecule has 1 N–H and O–H groups in total.